The summed E-state index contributed by atoms with van der Waals surface area (Å²) in [6.07, 6.45) is 1.37. The number of hydrogen-bond acceptors (Lipinski definition) is 4. The minimum Gasteiger partial charge on any atom is -0.478 e. The van der Waals surface area contributed by atoms with Crippen LogP contribution in [0.25, 0.3) is 0 Å². The van der Waals surface area contributed by atoms with E-state index in [0.29, 0.717) is 18.8 Å². The second-order valence-corrected chi connectivity index (χ2v) is 3.46. The molecule has 1 aromatic rings. The number of aromatic carboxylic acids is 1. The summed E-state index contributed by atoms with van der Waals surface area (Å²) >= 11 is 0. The van der Waals surface area contributed by atoms with Crippen LogP contribution < -0.4 is 5.73 Å². The highest BCUT2D eigenvalue weighted by molar-refractivity contribution is 5.88. The van der Waals surface area contributed by atoms with Crippen LogP contribution in [0.2, 0.25) is 0 Å². The number of nitrogens with two attached hydrogens (primary N) is 1. The molecule has 1 rings (SSSR count). The Kier molecular flexibility index (Phi) is 3.81. The molecule has 0 bridgehead atoms. The van der Waals surface area contributed by atoms with Crippen molar-refractivity contribution in [2.45, 2.75) is 6.54 Å². The average molecular weight is 212 g/mol. The number of likely N-dealkylation sites (N-methyl/N-ethyl adjacent to an activating group) is 1. The van der Waals surface area contributed by atoms with E-state index in [9.17, 15) is 4.79 Å². The Bertz CT molecular complexity index is 348. The third kappa shape index (κ3) is 2.77. The molecule has 6 nitrogen and oxygen atoms in total. The van der Waals surface area contributed by atoms with Crippen molar-refractivity contribution in [3.05, 3.63) is 17.5 Å². The molecule has 0 aliphatic carbocycles. The average Bonchev–Trinajstić information content (AvgIpc) is 2.48. The Morgan fingerprint density at radius 3 is 2.93 bits per heavy atom. The van der Waals surface area contributed by atoms with Crippen molar-refractivity contribution in [2.24, 2.45) is 12.8 Å². The molecule has 0 saturated carbocycles. The number of nitrogens with zero attached hydrogens (tertiary/aromatic N) is 3. The smallest absolute Gasteiger partial charge is 0.339 e. The molecule has 6 heteroatoms. The molecule has 1 aromatic heterocycles. The van der Waals surface area contributed by atoms with E-state index in [4.69, 9.17) is 10.8 Å². The van der Waals surface area contributed by atoms with Crippen LogP contribution in [-0.4, -0.2) is 45.9 Å². The third-order valence-corrected chi connectivity index (χ3v) is 2.22. The van der Waals surface area contributed by atoms with Crippen LogP contribution in [0.4, 0.5) is 0 Å². The summed E-state index contributed by atoms with van der Waals surface area (Å²) in [5, 5.41) is 12.9. The number of carboxylic acids is 1. The third-order valence-electron chi connectivity index (χ3n) is 2.22. The maximum Gasteiger partial charge on any atom is 0.339 e. The highest BCUT2D eigenvalue weighted by Crippen LogP contribution is 2.09. The van der Waals surface area contributed by atoms with Gasteiger partial charge in [-0.2, -0.15) is 5.10 Å². The van der Waals surface area contributed by atoms with Crippen LogP contribution in [0.5, 0.6) is 0 Å². The summed E-state index contributed by atoms with van der Waals surface area (Å²) in [6.45, 7) is 1.82. The first kappa shape index (κ1) is 11.7. The maximum absolute atomic E-state index is 10.9. The van der Waals surface area contributed by atoms with Gasteiger partial charge in [0.2, 0.25) is 0 Å². The topological polar surface area (TPSA) is 84.4 Å². The van der Waals surface area contributed by atoms with E-state index in [1.807, 2.05) is 11.9 Å². The van der Waals surface area contributed by atoms with Crippen LogP contribution in [0, 0.1) is 0 Å². The molecule has 0 saturated heterocycles. The van der Waals surface area contributed by atoms with Gasteiger partial charge in [-0.05, 0) is 7.05 Å². The van der Waals surface area contributed by atoms with E-state index >= 15 is 0 Å². The fraction of sp³-hybridized carbons (Fsp3) is 0.556. The van der Waals surface area contributed by atoms with Crippen LogP contribution in [0.1, 0.15) is 16.1 Å². The van der Waals surface area contributed by atoms with Crippen LogP contribution >= 0.6 is 0 Å². The molecule has 84 valence electrons. The van der Waals surface area contributed by atoms with Gasteiger partial charge >= 0.3 is 5.97 Å². The molecular weight excluding hydrogens is 196 g/mol. The molecule has 0 aliphatic heterocycles. The highest BCUT2D eigenvalue weighted by atomic mass is 16.4. The van der Waals surface area contributed by atoms with E-state index < -0.39 is 5.97 Å². The monoisotopic (exact) mass is 212 g/mol. The van der Waals surface area contributed by atoms with Gasteiger partial charge < -0.3 is 10.8 Å². The Morgan fingerprint density at radius 1 is 1.73 bits per heavy atom. The largest absolute Gasteiger partial charge is 0.478 e. The number of rotatable bonds is 5. The summed E-state index contributed by atoms with van der Waals surface area (Å²) < 4.78 is 1.58. The quantitative estimate of drug-likeness (QED) is 0.688. The van der Waals surface area contributed by atoms with Crippen molar-refractivity contribution in [1.29, 1.82) is 0 Å². The number of aryl methyl sites for hydroxylation is 1. The molecule has 0 aromatic carbocycles. The molecule has 1 heterocycles. The number of carbonyl (C=O) groups is 1. The van der Waals surface area contributed by atoms with Gasteiger partial charge in [-0.15, -0.1) is 0 Å². The molecular formula is C9H16N4O2. The van der Waals surface area contributed by atoms with Crippen LogP contribution in [-0.2, 0) is 13.6 Å². The fourth-order valence-electron chi connectivity index (χ4n) is 1.38. The molecule has 0 aliphatic rings. The van der Waals surface area contributed by atoms with Crippen LogP contribution in [0.15, 0.2) is 6.20 Å². The van der Waals surface area contributed by atoms with Gasteiger partial charge in [-0.1, -0.05) is 0 Å². The van der Waals surface area contributed by atoms with Gasteiger partial charge in [0.25, 0.3) is 0 Å². The second-order valence-electron chi connectivity index (χ2n) is 3.46. The lowest BCUT2D eigenvalue weighted by Gasteiger charge is -2.15. The van der Waals surface area contributed by atoms with Gasteiger partial charge in [0.15, 0.2) is 0 Å². The Labute approximate surface area is 88.3 Å². The molecule has 3 N–H and O–H groups in total. The molecule has 0 atom stereocenters. The summed E-state index contributed by atoms with van der Waals surface area (Å²) in [4.78, 5) is 12.8. The van der Waals surface area contributed by atoms with Crippen molar-refractivity contribution < 1.29 is 9.90 Å². The van der Waals surface area contributed by atoms with E-state index in [1.54, 1.807) is 11.7 Å². The standard InChI is InChI=1S/C9H16N4O2/c1-12(4-3-10)6-8-7(9(14)15)5-11-13(8)2/h5H,3-4,6,10H2,1-2H3,(H,14,15). The highest BCUT2D eigenvalue weighted by Gasteiger charge is 2.15. The minimum atomic E-state index is -0.945. The first-order valence-electron chi connectivity index (χ1n) is 4.69. The predicted octanol–water partition coefficient (Wildman–Crippen LogP) is -0.491. The van der Waals surface area contributed by atoms with E-state index in [-0.39, 0.29) is 5.56 Å². The van der Waals surface area contributed by atoms with Crippen molar-refractivity contribution >= 4 is 5.97 Å². The Hall–Kier alpha value is -1.40. The summed E-state index contributed by atoms with van der Waals surface area (Å²) in [5.74, 6) is -0.945. The SMILES string of the molecule is CN(CCN)Cc1c(C(=O)O)cnn1C. The van der Waals surface area contributed by atoms with Crippen molar-refractivity contribution in [2.75, 3.05) is 20.1 Å². The Balaban J connectivity index is 2.83. The van der Waals surface area contributed by atoms with Crippen LogP contribution in [0.3, 0.4) is 0 Å². The zero-order valence-corrected chi connectivity index (χ0v) is 8.97. The first-order valence-corrected chi connectivity index (χ1v) is 4.69. The number of aromatic nitrogens is 2. The molecule has 0 unspecified atom stereocenters. The first-order chi connectivity index (χ1) is 7.06. The lowest BCUT2D eigenvalue weighted by Crippen LogP contribution is -2.26. The van der Waals surface area contributed by atoms with Gasteiger partial charge in [0.05, 0.1) is 11.9 Å². The molecule has 15 heavy (non-hydrogen) atoms. The van der Waals surface area contributed by atoms with Gasteiger partial charge in [-0.3, -0.25) is 9.58 Å². The van der Waals surface area contributed by atoms with E-state index in [1.165, 1.54) is 6.20 Å². The van der Waals surface area contributed by atoms with Gasteiger partial charge in [-0.25, -0.2) is 4.79 Å². The lowest BCUT2D eigenvalue weighted by atomic mass is 10.2. The van der Waals surface area contributed by atoms with Gasteiger partial charge in [0, 0.05) is 26.7 Å². The Morgan fingerprint density at radius 2 is 2.40 bits per heavy atom. The summed E-state index contributed by atoms with van der Waals surface area (Å²) in [7, 11) is 3.63. The fourth-order valence-corrected chi connectivity index (χ4v) is 1.38. The number of carboxylic acid groups (broad SMARTS) is 1. The van der Waals surface area contributed by atoms with Crippen molar-refractivity contribution in [3.8, 4) is 0 Å². The van der Waals surface area contributed by atoms with E-state index in [2.05, 4.69) is 5.10 Å². The van der Waals surface area contributed by atoms with E-state index in [0.717, 1.165) is 6.54 Å². The number of hydrogen-bond donors (Lipinski definition) is 2. The molecule has 0 spiro atoms. The predicted molar refractivity (Wildman–Crippen MR) is 55.6 cm³/mol. The molecule has 0 amide bonds. The van der Waals surface area contributed by atoms with Crippen molar-refractivity contribution in [1.82, 2.24) is 14.7 Å². The van der Waals surface area contributed by atoms with Crippen molar-refractivity contribution in [3.63, 3.8) is 0 Å². The summed E-state index contributed by atoms with van der Waals surface area (Å²) in [6, 6.07) is 0. The molecule has 0 fully saturated rings. The molecule has 0 radical (unpaired) electrons. The maximum atomic E-state index is 10.9. The normalized spacial score (nSPS) is 10.9. The summed E-state index contributed by atoms with van der Waals surface area (Å²) in [5.41, 5.74) is 6.36. The second kappa shape index (κ2) is 4.90. The lowest BCUT2D eigenvalue weighted by molar-refractivity contribution is 0.0694. The zero-order chi connectivity index (χ0) is 11.4. The zero-order valence-electron chi connectivity index (χ0n) is 8.97. The van der Waals surface area contributed by atoms with Gasteiger partial charge in [0.1, 0.15) is 5.56 Å². The minimum absolute atomic E-state index is 0.251.